The van der Waals surface area contributed by atoms with E-state index >= 15 is 0 Å². The van der Waals surface area contributed by atoms with Crippen LogP contribution in [0.15, 0.2) is 34.3 Å². The highest BCUT2D eigenvalue weighted by Gasteiger charge is 2.26. The molecule has 0 spiro atoms. The summed E-state index contributed by atoms with van der Waals surface area (Å²) in [5, 5.41) is 3.27. The van der Waals surface area contributed by atoms with Crippen LogP contribution in [0.3, 0.4) is 0 Å². The Morgan fingerprint density at radius 1 is 1.10 bits per heavy atom. The number of nitrogens with one attached hydrogen (secondary N) is 1. The maximum Gasteiger partial charge on any atom is 0.246 e. The third kappa shape index (κ3) is 6.16. The second-order valence-corrected chi connectivity index (χ2v) is 9.30. The van der Waals surface area contributed by atoms with Crippen LogP contribution in [0, 0.1) is 13.8 Å². The number of nitrogens with zero attached hydrogens (tertiary/aromatic N) is 3. The first-order valence-electron chi connectivity index (χ1n) is 9.73. The lowest BCUT2D eigenvalue weighted by Crippen LogP contribution is -2.31. The third-order valence-electron chi connectivity index (χ3n) is 4.14. The van der Waals surface area contributed by atoms with Crippen LogP contribution in [0.4, 0.5) is 5.69 Å². The Morgan fingerprint density at radius 2 is 1.73 bits per heavy atom. The second kappa shape index (κ2) is 10.7. The molecule has 8 nitrogen and oxygen atoms in total. The molecule has 1 heterocycles. The van der Waals surface area contributed by atoms with Crippen LogP contribution in [-0.4, -0.2) is 54.0 Å². The molecule has 0 unspecified atom stereocenters. The van der Waals surface area contributed by atoms with Gasteiger partial charge in [0.25, 0.3) is 0 Å². The molecule has 0 bridgehead atoms. The van der Waals surface area contributed by atoms with Gasteiger partial charge in [0.05, 0.1) is 12.4 Å². The third-order valence-corrected chi connectivity index (χ3v) is 7.06. The van der Waals surface area contributed by atoms with Crippen molar-refractivity contribution in [2.24, 2.45) is 0 Å². The van der Waals surface area contributed by atoms with Gasteiger partial charge in [0.15, 0.2) is 5.16 Å². The molecule has 0 saturated carbocycles. The molecule has 0 atom stereocenters. The fourth-order valence-electron chi connectivity index (χ4n) is 2.85. The average Bonchev–Trinajstić information content (AvgIpc) is 2.67. The van der Waals surface area contributed by atoms with Crippen molar-refractivity contribution in [3.63, 3.8) is 0 Å². The molecule has 1 aromatic carbocycles. The summed E-state index contributed by atoms with van der Waals surface area (Å²) in [6.45, 7) is 10.1. The quantitative estimate of drug-likeness (QED) is 0.436. The van der Waals surface area contributed by atoms with Crippen molar-refractivity contribution in [3.8, 4) is 5.75 Å². The lowest BCUT2D eigenvalue weighted by molar-refractivity contribution is -0.113. The highest BCUT2D eigenvalue weighted by molar-refractivity contribution is 7.99. The van der Waals surface area contributed by atoms with Crippen molar-refractivity contribution in [1.29, 1.82) is 0 Å². The van der Waals surface area contributed by atoms with E-state index in [0.29, 0.717) is 30.5 Å². The molecule has 1 N–H and O–H groups in total. The Hall–Kier alpha value is -2.17. The summed E-state index contributed by atoms with van der Waals surface area (Å²) in [5.41, 5.74) is 2.06. The van der Waals surface area contributed by atoms with Gasteiger partial charge >= 0.3 is 0 Å². The van der Waals surface area contributed by atoms with E-state index in [4.69, 9.17) is 4.74 Å². The molecular weight excluding hydrogens is 424 g/mol. The number of rotatable bonds is 10. The monoisotopic (exact) mass is 452 g/mol. The molecule has 30 heavy (non-hydrogen) atoms. The van der Waals surface area contributed by atoms with Crippen LogP contribution in [0.1, 0.15) is 32.2 Å². The van der Waals surface area contributed by atoms with E-state index in [9.17, 15) is 13.2 Å². The van der Waals surface area contributed by atoms with Crippen molar-refractivity contribution in [2.75, 3.05) is 30.8 Å². The molecular formula is C20H28N4O4S2. The van der Waals surface area contributed by atoms with E-state index in [1.54, 1.807) is 32.9 Å². The number of carbonyl (C=O) groups excluding carboxylic acids is 1. The number of aromatic nitrogens is 2. The molecule has 164 valence electrons. The Bertz CT molecular complexity index is 972. The molecule has 0 aliphatic carbocycles. The molecule has 0 saturated heterocycles. The smallest absolute Gasteiger partial charge is 0.246 e. The summed E-state index contributed by atoms with van der Waals surface area (Å²) in [4.78, 5) is 21.0. The SMILES string of the molecule is CCOc1ccc(NC(=O)CSc2nc(C)cc(C)n2)cc1S(=O)(=O)N(CC)CC. The van der Waals surface area contributed by atoms with Gasteiger partial charge in [0.1, 0.15) is 10.6 Å². The Kier molecular flexibility index (Phi) is 8.63. The number of amides is 1. The number of ether oxygens (including phenoxy) is 1. The van der Waals surface area contributed by atoms with E-state index in [1.165, 1.54) is 22.1 Å². The maximum atomic E-state index is 13.0. The maximum absolute atomic E-state index is 13.0. The number of sulfonamides is 1. The van der Waals surface area contributed by atoms with Crippen LogP contribution in [0.2, 0.25) is 0 Å². The van der Waals surface area contributed by atoms with Crippen LogP contribution in [-0.2, 0) is 14.8 Å². The summed E-state index contributed by atoms with van der Waals surface area (Å²) >= 11 is 1.22. The van der Waals surface area contributed by atoms with Crippen LogP contribution in [0.25, 0.3) is 0 Å². The largest absolute Gasteiger partial charge is 0.492 e. The van der Waals surface area contributed by atoms with Crippen LogP contribution in [0.5, 0.6) is 5.75 Å². The molecule has 0 aliphatic heterocycles. The summed E-state index contributed by atoms with van der Waals surface area (Å²) in [6.07, 6.45) is 0. The van der Waals surface area contributed by atoms with E-state index in [0.717, 1.165) is 11.4 Å². The molecule has 2 rings (SSSR count). The molecule has 1 aromatic heterocycles. The van der Waals surface area contributed by atoms with Gasteiger partial charge in [-0.15, -0.1) is 0 Å². The predicted octanol–water partition coefficient (Wildman–Crippen LogP) is 3.25. The summed E-state index contributed by atoms with van der Waals surface area (Å²) in [7, 11) is -3.75. The van der Waals surface area contributed by atoms with Gasteiger partial charge in [-0.05, 0) is 45.0 Å². The molecule has 1 amide bonds. The lowest BCUT2D eigenvalue weighted by atomic mass is 10.3. The Balaban J connectivity index is 2.20. The highest BCUT2D eigenvalue weighted by Crippen LogP contribution is 2.30. The molecule has 0 aliphatic rings. The number of carbonyl (C=O) groups is 1. The average molecular weight is 453 g/mol. The summed E-state index contributed by atoms with van der Waals surface area (Å²) < 4.78 is 32.9. The Morgan fingerprint density at radius 3 is 2.30 bits per heavy atom. The van der Waals surface area contributed by atoms with Crippen molar-refractivity contribution in [2.45, 2.75) is 44.7 Å². The van der Waals surface area contributed by atoms with Crippen LogP contribution < -0.4 is 10.1 Å². The number of hydrogen-bond acceptors (Lipinski definition) is 7. The molecule has 10 heteroatoms. The van der Waals surface area contributed by atoms with E-state index in [2.05, 4.69) is 15.3 Å². The number of thioether (sulfide) groups is 1. The first-order chi connectivity index (χ1) is 14.2. The number of anilines is 1. The van der Waals surface area contributed by atoms with E-state index < -0.39 is 10.0 Å². The summed E-state index contributed by atoms with van der Waals surface area (Å²) in [5.74, 6) is 0.0901. The number of hydrogen-bond donors (Lipinski definition) is 1. The minimum Gasteiger partial charge on any atom is -0.492 e. The summed E-state index contributed by atoms with van der Waals surface area (Å²) in [6, 6.07) is 6.49. The van der Waals surface area contributed by atoms with Crippen molar-refractivity contribution < 1.29 is 17.9 Å². The zero-order chi connectivity index (χ0) is 22.3. The molecule has 2 aromatic rings. The topological polar surface area (TPSA) is 101 Å². The molecule has 0 radical (unpaired) electrons. The minimum atomic E-state index is -3.75. The van der Waals surface area contributed by atoms with Gasteiger partial charge in [0.2, 0.25) is 15.9 Å². The standard InChI is InChI=1S/C20H28N4O4S2/c1-6-24(7-2)30(26,27)18-12-16(9-10-17(18)28-8-3)23-19(25)13-29-20-21-14(4)11-15(5)22-20/h9-12H,6-8,13H2,1-5H3,(H,23,25). The fourth-order valence-corrected chi connectivity index (χ4v) is 5.21. The van der Waals surface area contributed by atoms with Gasteiger partial charge in [-0.25, -0.2) is 18.4 Å². The first kappa shape index (κ1) is 24.1. The van der Waals surface area contributed by atoms with Crippen molar-refractivity contribution >= 4 is 33.4 Å². The van der Waals surface area contributed by atoms with Gasteiger partial charge in [0, 0.05) is 30.2 Å². The predicted molar refractivity (Wildman–Crippen MR) is 119 cm³/mol. The number of benzene rings is 1. The number of aryl methyl sites for hydroxylation is 2. The van der Waals surface area contributed by atoms with Crippen LogP contribution >= 0.6 is 11.8 Å². The fraction of sp³-hybridized carbons (Fsp3) is 0.450. The highest BCUT2D eigenvalue weighted by atomic mass is 32.2. The second-order valence-electron chi connectivity index (χ2n) is 6.45. The van der Waals surface area contributed by atoms with E-state index in [1.807, 2.05) is 19.9 Å². The van der Waals surface area contributed by atoms with Crippen molar-refractivity contribution in [3.05, 3.63) is 35.7 Å². The van der Waals surface area contributed by atoms with Gasteiger partial charge in [-0.3, -0.25) is 4.79 Å². The first-order valence-corrected chi connectivity index (χ1v) is 12.2. The van der Waals surface area contributed by atoms with Gasteiger partial charge in [-0.2, -0.15) is 4.31 Å². The zero-order valence-corrected chi connectivity index (χ0v) is 19.6. The molecule has 0 fully saturated rings. The van der Waals surface area contributed by atoms with Crippen molar-refractivity contribution in [1.82, 2.24) is 14.3 Å². The van der Waals surface area contributed by atoms with E-state index in [-0.39, 0.29) is 22.3 Å². The lowest BCUT2D eigenvalue weighted by Gasteiger charge is -2.21. The zero-order valence-electron chi connectivity index (χ0n) is 17.9. The Labute approximate surface area is 182 Å². The minimum absolute atomic E-state index is 0.0381. The van der Waals surface area contributed by atoms with Gasteiger partial charge < -0.3 is 10.1 Å². The normalized spacial score (nSPS) is 11.5. The van der Waals surface area contributed by atoms with Gasteiger partial charge in [-0.1, -0.05) is 25.6 Å².